The van der Waals surface area contributed by atoms with Crippen molar-refractivity contribution in [2.45, 2.75) is 47.6 Å². The second kappa shape index (κ2) is 3.92. The van der Waals surface area contributed by atoms with Crippen molar-refractivity contribution < 1.29 is 10.2 Å². The fourth-order valence-corrected chi connectivity index (χ4v) is 1.75. The SMILES string of the molecule is CC(C)(C)C1=CC(C(C)(C)C)=C(O)C(O)[CH]1. The molecule has 1 rings (SSSR count). The molecule has 0 aromatic heterocycles. The predicted octanol–water partition coefficient (Wildman–Crippen LogP) is 3.40. The number of rotatable bonds is 0. The molecule has 0 aliphatic heterocycles. The fourth-order valence-electron chi connectivity index (χ4n) is 1.75. The van der Waals surface area contributed by atoms with E-state index in [4.69, 9.17) is 0 Å². The van der Waals surface area contributed by atoms with Crippen LogP contribution in [0.1, 0.15) is 41.5 Å². The Bertz CT molecular complexity index is 335. The Morgan fingerprint density at radius 2 is 1.50 bits per heavy atom. The van der Waals surface area contributed by atoms with Gasteiger partial charge in [-0.2, -0.15) is 0 Å². The maximum Gasteiger partial charge on any atom is 0.125 e. The maximum atomic E-state index is 9.91. The third-order valence-corrected chi connectivity index (χ3v) is 2.87. The second-order valence-electron chi connectivity index (χ2n) is 6.51. The van der Waals surface area contributed by atoms with E-state index in [2.05, 4.69) is 20.8 Å². The fraction of sp³-hybridized carbons (Fsp3) is 0.643. The van der Waals surface area contributed by atoms with Gasteiger partial charge in [-0.15, -0.1) is 0 Å². The van der Waals surface area contributed by atoms with E-state index in [9.17, 15) is 10.2 Å². The van der Waals surface area contributed by atoms with Gasteiger partial charge in [0.2, 0.25) is 0 Å². The van der Waals surface area contributed by atoms with Crippen LogP contribution in [0.4, 0.5) is 0 Å². The molecule has 0 bridgehead atoms. The molecule has 2 heteroatoms. The molecule has 0 amide bonds. The van der Waals surface area contributed by atoms with Crippen LogP contribution in [0.3, 0.4) is 0 Å². The molecule has 0 heterocycles. The standard InChI is InChI=1S/C14H23O2/c1-13(2,3)9-7-10(14(4,5)6)12(16)11(15)8-9/h7-8,11,15-16H,1-6H3. The summed E-state index contributed by atoms with van der Waals surface area (Å²) in [5, 5.41) is 19.8. The summed E-state index contributed by atoms with van der Waals surface area (Å²) in [6.45, 7) is 12.4. The molecule has 91 valence electrons. The third-order valence-electron chi connectivity index (χ3n) is 2.87. The van der Waals surface area contributed by atoms with Gasteiger partial charge in [0.1, 0.15) is 11.9 Å². The summed E-state index contributed by atoms with van der Waals surface area (Å²) in [4.78, 5) is 0. The first-order valence-electron chi connectivity index (χ1n) is 5.72. The molecule has 2 nitrogen and oxygen atoms in total. The van der Waals surface area contributed by atoms with Gasteiger partial charge in [-0.1, -0.05) is 53.2 Å². The Morgan fingerprint density at radius 3 is 1.88 bits per heavy atom. The summed E-state index contributed by atoms with van der Waals surface area (Å²) in [6, 6.07) is 0. The molecule has 0 saturated heterocycles. The van der Waals surface area contributed by atoms with E-state index in [0.717, 1.165) is 11.1 Å². The summed E-state index contributed by atoms with van der Waals surface area (Å²) >= 11 is 0. The van der Waals surface area contributed by atoms with Gasteiger partial charge in [0.25, 0.3) is 0 Å². The van der Waals surface area contributed by atoms with Gasteiger partial charge in [0.05, 0.1) is 0 Å². The molecule has 16 heavy (non-hydrogen) atoms. The Morgan fingerprint density at radius 1 is 1.00 bits per heavy atom. The largest absolute Gasteiger partial charge is 0.509 e. The number of hydrogen-bond acceptors (Lipinski definition) is 2. The van der Waals surface area contributed by atoms with Crippen LogP contribution in [0, 0.1) is 17.3 Å². The first kappa shape index (κ1) is 13.3. The molecule has 1 aliphatic carbocycles. The zero-order valence-electron chi connectivity index (χ0n) is 11.1. The van der Waals surface area contributed by atoms with E-state index in [0.29, 0.717) is 0 Å². The number of allylic oxidation sites excluding steroid dienone is 2. The second-order valence-corrected chi connectivity index (χ2v) is 6.51. The van der Waals surface area contributed by atoms with Crippen LogP contribution in [0.5, 0.6) is 0 Å². The minimum absolute atomic E-state index is 0.0157. The van der Waals surface area contributed by atoms with Crippen LogP contribution in [-0.2, 0) is 0 Å². The first-order chi connectivity index (χ1) is 7.03. The normalized spacial score (nSPS) is 23.4. The van der Waals surface area contributed by atoms with Gasteiger partial charge in [-0.25, -0.2) is 0 Å². The van der Waals surface area contributed by atoms with Crippen LogP contribution in [-0.4, -0.2) is 16.3 Å². The number of hydrogen-bond donors (Lipinski definition) is 2. The molecular formula is C14H23O2. The zero-order valence-corrected chi connectivity index (χ0v) is 11.1. The van der Waals surface area contributed by atoms with Crippen molar-refractivity contribution in [2.75, 3.05) is 0 Å². The average molecular weight is 223 g/mol. The number of aliphatic hydroxyl groups is 2. The lowest BCUT2D eigenvalue weighted by Gasteiger charge is -2.33. The van der Waals surface area contributed by atoms with E-state index in [1.54, 1.807) is 6.42 Å². The van der Waals surface area contributed by atoms with E-state index in [-0.39, 0.29) is 16.6 Å². The summed E-state index contributed by atoms with van der Waals surface area (Å²) in [5.41, 5.74) is 1.73. The smallest absolute Gasteiger partial charge is 0.125 e. The molecule has 2 N–H and O–H groups in total. The van der Waals surface area contributed by atoms with Crippen molar-refractivity contribution >= 4 is 0 Å². The maximum absolute atomic E-state index is 9.91. The van der Waals surface area contributed by atoms with Gasteiger partial charge in [-0.05, 0) is 16.4 Å². The van der Waals surface area contributed by atoms with Crippen molar-refractivity contribution in [1.82, 2.24) is 0 Å². The molecule has 0 saturated carbocycles. The molecule has 0 aromatic carbocycles. The molecule has 0 aromatic rings. The molecular weight excluding hydrogens is 200 g/mol. The average Bonchev–Trinajstić information content (AvgIpc) is 2.05. The Balaban J connectivity index is 3.23. The van der Waals surface area contributed by atoms with Crippen LogP contribution in [0.15, 0.2) is 23.0 Å². The summed E-state index contributed by atoms with van der Waals surface area (Å²) in [6.07, 6.45) is 2.86. The first-order valence-corrected chi connectivity index (χ1v) is 5.72. The van der Waals surface area contributed by atoms with E-state index < -0.39 is 6.10 Å². The van der Waals surface area contributed by atoms with E-state index >= 15 is 0 Å². The molecule has 0 spiro atoms. The van der Waals surface area contributed by atoms with E-state index in [1.807, 2.05) is 26.8 Å². The molecule has 0 fully saturated rings. The van der Waals surface area contributed by atoms with Crippen molar-refractivity contribution in [2.24, 2.45) is 10.8 Å². The monoisotopic (exact) mass is 223 g/mol. The van der Waals surface area contributed by atoms with Crippen molar-refractivity contribution in [3.05, 3.63) is 29.4 Å². The Kier molecular flexibility index (Phi) is 3.26. The number of aliphatic hydroxyl groups excluding tert-OH is 2. The zero-order chi connectivity index (χ0) is 12.7. The quantitative estimate of drug-likeness (QED) is 0.661. The summed E-state index contributed by atoms with van der Waals surface area (Å²) in [5.74, 6) is 0.0838. The molecule has 1 atom stereocenters. The predicted molar refractivity (Wildman–Crippen MR) is 67.0 cm³/mol. The topological polar surface area (TPSA) is 40.5 Å². The Hall–Kier alpha value is -0.760. The van der Waals surface area contributed by atoms with Crippen LogP contribution < -0.4 is 0 Å². The van der Waals surface area contributed by atoms with Gasteiger partial charge in [0.15, 0.2) is 0 Å². The highest BCUT2D eigenvalue weighted by Gasteiger charge is 2.32. The van der Waals surface area contributed by atoms with Crippen molar-refractivity contribution in [1.29, 1.82) is 0 Å². The van der Waals surface area contributed by atoms with Crippen LogP contribution in [0.25, 0.3) is 0 Å². The van der Waals surface area contributed by atoms with Gasteiger partial charge in [-0.3, -0.25) is 0 Å². The third kappa shape index (κ3) is 2.67. The van der Waals surface area contributed by atoms with Crippen molar-refractivity contribution in [3.8, 4) is 0 Å². The highest BCUT2D eigenvalue weighted by atomic mass is 16.3. The molecule has 1 unspecified atom stereocenters. The summed E-state index contributed by atoms with van der Waals surface area (Å²) < 4.78 is 0. The minimum atomic E-state index is -0.867. The van der Waals surface area contributed by atoms with Crippen LogP contribution >= 0.6 is 0 Å². The van der Waals surface area contributed by atoms with Gasteiger partial charge < -0.3 is 10.2 Å². The summed E-state index contributed by atoms with van der Waals surface area (Å²) in [7, 11) is 0. The lowest BCUT2D eigenvalue weighted by atomic mass is 9.74. The van der Waals surface area contributed by atoms with E-state index in [1.165, 1.54) is 0 Å². The van der Waals surface area contributed by atoms with Crippen molar-refractivity contribution in [3.63, 3.8) is 0 Å². The van der Waals surface area contributed by atoms with Gasteiger partial charge in [0, 0.05) is 6.42 Å². The highest BCUT2D eigenvalue weighted by molar-refractivity contribution is 5.43. The molecule has 1 radical (unpaired) electrons. The van der Waals surface area contributed by atoms with Gasteiger partial charge >= 0.3 is 0 Å². The van der Waals surface area contributed by atoms with Crippen LogP contribution in [0.2, 0.25) is 0 Å². The minimum Gasteiger partial charge on any atom is -0.509 e. The lowest BCUT2D eigenvalue weighted by Crippen LogP contribution is -2.27. The molecule has 1 aliphatic rings. The lowest BCUT2D eigenvalue weighted by molar-refractivity contribution is 0.169. The highest BCUT2D eigenvalue weighted by Crippen LogP contribution is 2.39. The Labute approximate surface area is 98.7 Å².